The standard InChI is InChI=1S/C19H30N4S/c1-15-8-6-7-13-23(15)18-12-11-17(14-20-18)22-19(24)21-16-9-4-2-3-5-10-16/h11-12,14-16H,2-10,13H2,1H3,(H2,21,22,24)/t15-/m1/s1. The number of hydrogen-bond acceptors (Lipinski definition) is 3. The highest BCUT2D eigenvalue weighted by molar-refractivity contribution is 7.80. The van der Waals surface area contributed by atoms with Crippen LogP contribution in [-0.4, -0.2) is 28.7 Å². The highest BCUT2D eigenvalue weighted by atomic mass is 32.1. The van der Waals surface area contributed by atoms with Crippen molar-refractivity contribution in [3.63, 3.8) is 0 Å². The van der Waals surface area contributed by atoms with E-state index >= 15 is 0 Å². The molecule has 2 aliphatic rings. The predicted octanol–water partition coefficient (Wildman–Crippen LogP) is 4.47. The van der Waals surface area contributed by atoms with Gasteiger partial charge in [0, 0.05) is 18.6 Å². The van der Waals surface area contributed by atoms with Crippen LogP contribution in [0.2, 0.25) is 0 Å². The van der Waals surface area contributed by atoms with E-state index < -0.39 is 0 Å². The first-order valence-corrected chi connectivity index (χ1v) is 9.93. The molecule has 1 saturated heterocycles. The van der Waals surface area contributed by atoms with E-state index in [0.717, 1.165) is 23.2 Å². The number of nitrogens with zero attached hydrogens (tertiary/aromatic N) is 2. The molecule has 0 aromatic carbocycles. The topological polar surface area (TPSA) is 40.2 Å². The van der Waals surface area contributed by atoms with Crippen molar-refractivity contribution in [2.24, 2.45) is 0 Å². The van der Waals surface area contributed by atoms with Gasteiger partial charge < -0.3 is 15.5 Å². The molecule has 1 atom stereocenters. The summed E-state index contributed by atoms with van der Waals surface area (Å²) in [4.78, 5) is 7.06. The Kier molecular flexibility index (Phi) is 6.30. The van der Waals surface area contributed by atoms with Crippen LogP contribution < -0.4 is 15.5 Å². The zero-order valence-corrected chi connectivity index (χ0v) is 15.6. The average molecular weight is 347 g/mol. The zero-order chi connectivity index (χ0) is 16.8. The van der Waals surface area contributed by atoms with Crippen LogP contribution in [0.3, 0.4) is 0 Å². The van der Waals surface area contributed by atoms with E-state index in [-0.39, 0.29) is 0 Å². The maximum Gasteiger partial charge on any atom is 0.171 e. The fraction of sp³-hybridized carbons (Fsp3) is 0.684. The van der Waals surface area contributed by atoms with Gasteiger partial charge in [-0.3, -0.25) is 0 Å². The number of pyridine rings is 1. The molecule has 1 saturated carbocycles. The van der Waals surface area contributed by atoms with E-state index in [1.807, 2.05) is 6.20 Å². The van der Waals surface area contributed by atoms with Crippen molar-refractivity contribution in [3.8, 4) is 0 Å². The van der Waals surface area contributed by atoms with Crippen LogP contribution in [0.25, 0.3) is 0 Å². The van der Waals surface area contributed by atoms with Crippen LogP contribution in [0, 0.1) is 0 Å². The lowest BCUT2D eigenvalue weighted by molar-refractivity contribution is 0.481. The van der Waals surface area contributed by atoms with E-state index in [0.29, 0.717) is 12.1 Å². The Morgan fingerprint density at radius 3 is 2.50 bits per heavy atom. The molecular formula is C19H30N4S. The molecule has 4 nitrogen and oxygen atoms in total. The normalized spacial score (nSPS) is 22.7. The smallest absolute Gasteiger partial charge is 0.171 e. The average Bonchev–Trinajstić information content (AvgIpc) is 2.85. The Balaban J connectivity index is 1.52. The second kappa shape index (κ2) is 8.65. The van der Waals surface area contributed by atoms with E-state index in [1.165, 1.54) is 57.8 Å². The maximum absolute atomic E-state index is 5.48. The summed E-state index contributed by atoms with van der Waals surface area (Å²) in [7, 11) is 0. The minimum atomic E-state index is 0.522. The fourth-order valence-corrected chi connectivity index (χ4v) is 4.13. The van der Waals surface area contributed by atoms with Crippen LogP contribution in [0.1, 0.15) is 64.7 Å². The van der Waals surface area contributed by atoms with Crippen molar-refractivity contribution in [2.75, 3.05) is 16.8 Å². The Morgan fingerprint density at radius 2 is 1.83 bits per heavy atom. The highest BCUT2D eigenvalue weighted by Crippen LogP contribution is 2.23. The lowest BCUT2D eigenvalue weighted by Crippen LogP contribution is -2.38. The fourth-order valence-electron chi connectivity index (χ4n) is 3.84. The van der Waals surface area contributed by atoms with Crippen molar-refractivity contribution in [2.45, 2.75) is 76.8 Å². The zero-order valence-electron chi connectivity index (χ0n) is 14.8. The summed E-state index contributed by atoms with van der Waals surface area (Å²) >= 11 is 5.48. The van der Waals surface area contributed by atoms with Crippen molar-refractivity contribution in [1.82, 2.24) is 10.3 Å². The van der Waals surface area contributed by atoms with Crippen LogP contribution in [0.5, 0.6) is 0 Å². The monoisotopic (exact) mass is 346 g/mol. The van der Waals surface area contributed by atoms with E-state index in [1.54, 1.807) is 0 Å². The lowest BCUT2D eigenvalue weighted by atomic mass is 10.0. The number of thiocarbonyl (C=S) groups is 1. The number of piperidine rings is 1. The van der Waals surface area contributed by atoms with Gasteiger partial charge in [0.2, 0.25) is 0 Å². The summed E-state index contributed by atoms with van der Waals surface area (Å²) < 4.78 is 0. The molecule has 0 radical (unpaired) electrons. The SMILES string of the molecule is C[C@@H]1CCCCN1c1ccc(NC(=S)NC2CCCCCC2)cn1. The van der Waals surface area contributed by atoms with Crippen LogP contribution >= 0.6 is 12.2 Å². The summed E-state index contributed by atoms with van der Waals surface area (Å²) in [5, 5.41) is 7.49. The summed E-state index contributed by atoms with van der Waals surface area (Å²) in [6.07, 6.45) is 13.6. The molecule has 2 fully saturated rings. The largest absolute Gasteiger partial charge is 0.360 e. The van der Waals surface area contributed by atoms with E-state index in [4.69, 9.17) is 12.2 Å². The second-order valence-electron chi connectivity index (χ2n) is 7.23. The Labute approximate surface area is 151 Å². The maximum atomic E-state index is 5.48. The van der Waals surface area contributed by atoms with Crippen molar-refractivity contribution < 1.29 is 0 Å². The third kappa shape index (κ3) is 4.82. The van der Waals surface area contributed by atoms with Gasteiger partial charge in [-0.05, 0) is 63.4 Å². The lowest BCUT2D eigenvalue weighted by Gasteiger charge is -2.34. The van der Waals surface area contributed by atoms with Gasteiger partial charge in [0.05, 0.1) is 11.9 Å². The molecule has 3 rings (SSSR count). The van der Waals surface area contributed by atoms with Gasteiger partial charge in [-0.2, -0.15) is 0 Å². The highest BCUT2D eigenvalue weighted by Gasteiger charge is 2.19. The van der Waals surface area contributed by atoms with Crippen molar-refractivity contribution in [1.29, 1.82) is 0 Å². The first-order valence-electron chi connectivity index (χ1n) is 9.52. The summed E-state index contributed by atoms with van der Waals surface area (Å²) in [6, 6.07) is 5.31. The Hall–Kier alpha value is -1.36. The van der Waals surface area contributed by atoms with E-state index in [9.17, 15) is 0 Å². The Bertz CT molecular complexity index is 523. The first-order chi connectivity index (χ1) is 11.7. The molecule has 0 bridgehead atoms. The molecule has 0 unspecified atom stereocenters. The molecule has 5 heteroatoms. The molecular weight excluding hydrogens is 316 g/mol. The van der Waals surface area contributed by atoms with Gasteiger partial charge in [0.1, 0.15) is 5.82 Å². The molecule has 1 aromatic heterocycles. The third-order valence-corrected chi connectivity index (χ3v) is 5.51. The van der Waals surface area contributed by atoms with Crippen LogP contribution in [-0.2, 0) is 0 Å². The predicted molar refractivity (Wildman–Crippen MR) is 106 cm³/mol. The molecule has 1 aliphatic heterocycles. The molecule has 24 heavy (non-hydrogen) atoms. The molecule has 0 spiro atoms. The van der Waals surface area contributed by atoms with Gasteiger partial charge >= 0.3 is 0 Å². The summed E-state index contributed by atoms with van der Waals surface area (Å²) in [5.41, 5.74) is 0.967. The molecule has 1 aromatic rings. The van der Waals surface area contributed by atoms with Crippen molar-refractivity contribution in [3.05, 3.63) is 18.3 Å². The van der Waals surface area contributed by atoms with Gasteiger partial charge in [-0.25, -0.2) is 4.98 Å². The quantitative estimate of drug-likeness (QED) is 0.624. The van der Waals surface area contributed by atoms with Gasteiger partial charge in [0.15, 0.2) is 5.11 Å². The first kappa shape index (κ1) is 17.5. The molecule has 2 N–H and O–H groups in total. The van der Waals surface area contributed by atoms with Gasteiger partial charge in [-0.1, -0.05) is 25.7 Å². The van der Waals surface area contributed by atoms with Crippen LogP contribution in [0.4, 0.5) is 11.5 Å². The van der Waals surface area contributed by atoms with Gasteiger partial charge in [-0.15, -0.1) is 0 Å². The number of aromatic nitrogens is 1. The minimum Gasteiger partial charge on any atom is -0.360 e. The number of anilines is 2. The number of rotatable bonds is 3. The number of nitrogens with one attached hydrogen (secondary N) is 2. The Morgan fingerprint density at radius 1 is 1.08 bits per heavy atom. The van der Waals surface area contributed by atoms with Crippen LogP contribution in [0.15, 0.2) is 18.3 Å². The summed E-state index contributed by atoms with van der Waals surface area (Å²) in [5.74, 6) is 1.08. The number of hydrogen-bond donors (Lipinski definition) is 2. The molecule has 0 amide bonds. The van der Waals surface area contributed by atoms with E-state index in [2.05, 4.69) is 39.6 Å². The van der Waals surface area contributed by atoms with Crippen molar-refractivity contribution >= 4 is 28.8 Å². The minimum absolute atomic E-state index is 0.522. The molecule has 2 heterocycles. The summed E-state index contributed by atoms with van der Waals surface area (Å²) in [6.45, 7) is 3.40. The third-order valence-electron chi connectivity index (χ3n) is 5.29. The van der Waals surface area contributed by atoms with Gasteiger partial charge in [0.25, 0.3) is 0 Å². The molecule has 132 valence electrons. The second-order valence-corrected chi connectivity index (χ2v) is 7.64. The molecule has 1 aliphatic carbocycles.